The lowest BCUT2D eigenvalue weighted by molar-refractivity contribution is 0.310. The number of rotatable bonds is 6. The molecule has 0 spiro atoms. The average molecular weight is 504 g/mol. The lowest BCUT2D eigenvalue weighted by Crippen LogP contribution is -2.29. The summed E-state index contributed by atoms with van der Waals surface area (Å²) in [5, 5.41) is 4.89. The monoisotopic (exact) mass is 503 g/mol. The lowest BCUT2D eigenvalue weighted by Gasteiger charge is -2.28. The summed E-state index contributed by atoms with van der Waals surface area (Å²) in [5.41, 5.74) is 6.28. The van der Waals surface area contributed by atoms with Gasteiger partial charge in [0.15, 0.2) is 5.11 Å². The van der Waals surface area contributed by atoms with Gasteiger partial charge < -0.3 is 19.5 Å². The van der Waals surface area contributed by atoms with Crippen LogP contribution < -0.4 is 10.1 Å². The van der Waals surface area contributed by atoms with Crippen molar-refractivity contribution in [3.8, 4) is 11.4 Å². The Labute approximate surface area is 215 Å². The van der Waals surface area contributed by atoms with Crippen LogP contribution in [0.3, 0.4) is 0 Å². The van der Waals surface area contributed by atoms with Gasteiger partial charge in [0.25, 0.3) is 0 Å². The number of thiocarbonyl (C=S) groups is 1. The first-order valence-electron chi connectivity index (χ1n) is 11.4. The van der Waals surface area contributed by atoms with E-state index in [2.05, 4.69) is 50.7 Å². The highest BCUT2D eigenvalue weighted by Crippen LogP contribution is 2.43. The number of nitrogens with one attached hydrogen (secondary N) is 1. The van der Waals surface area contributed by atoms with Gasteiger partial charge in [0.05, 0.1) is 30.6 Å². The highest BCUT2D eigenvalue weighted by Gasteiger charge is 2.41. The molecule has 3 aromatic heterocycles. The summed E-state index contributed by atoms with van der Waals surface area (Å²) in [6.45, 7) is 4.86. The fourth-order valence-electron chi connectivity index (χ4n) is 4.90. The number of halogens is 1. The predicted molar refractivity (Wildman–Crippen MR) is 142 cm³/mol. The maximum absolute atomic E-state index is 6.38. The van der Waals surface area contributed by atoms with Gasteiger partial charge in [0, 0.05) is 41.5 Å². The zero-order valence-corrected chi connectivity index (χ0v) is 21.3. The van der Waals surface area contributed by atoms with Crippen LogP contribution in [-0.4, -0.2) is 31.7 Å². The Morgan fingerprint density at radius 2 is 1.94 bits per heavy atom. The normalized spacial score (nSPS) is 17.5. The standard InChI is InChI=1S/C27H26ClN5OS/c1-17-13-21(18(2)33(17)23-14-20(28)9-10-24(23)34-3)26-25(22-8-4-5-12-30-22)31-27(35)32(26)16-19-7-6-11-29-15-19/h4-15,25-26H,16H2,1-3H3,(H,31,35). The summed E-state index contributed by atoms with van der Waals surface area (Å²) < 4.78 is 7.86. The molecule has 1 aliphatic heterocycles. The van der Waals surface area contributed by atoms with Crippen molar-refractivity contribution in [3.63, 3.8) is 0 Å². The van der Waals surface area contributed by atoms with Crippen LogP contribution in [0.4, 0.5) is 0 Å². The molecule has 35 heavy (non-hydrogen) atoms. The van der Waals surface area contributed by atoms with Crippen LogP contribution in [0.25, 0.3) is 5.69 Å². The van der Waals surface area contributed by atoms with E-state index in [-0.39, 0.29) is 12.1 Å². The number of aromatic nitrogens is 3. The first-order valence-corrected chi connectivity index (χ1v) is 12.2. The first-order chi connectivity index (χ1) is 17.0. The van der Waals surface area contributed by atoms with Gasteiger partial charge in [-0.3, -0.25) is 9.97 Å². The van der Waals surface area contributed by atoms with Crippen molar-refractivity contribution in [2.24, 2.45) is 0 Å². The van der Waals surface area contributed by atoms with E-state index in [0.29, 0.717) is 16.7 Å². The molecule has 1 N–H and O–H groups in total. The van der Waals surface area contributed by atoms with E-state index < -0.39 is 0 Å². The molecule has 2 atom stereocenters. The maximum atomic E-state index is 6.38. The minimum atomic E-state index is -0.101. The van der Waals surface area contributed by atoms with E-state index in [1.807, 2.05) is 54.9 Å². The van der Waals surface area contributed by atoms with Crippen LogP contribution >= 0.6 is 23.8 Å². The number of hydrogen-bond acceptors (Lipinski definition) is 4. The average Bonchev–Trinajstić information content (AvgIpc) is 3.35. The fourth-order valence-corrected chi connectivity index (χ4v) is 5.37. The third-order valence-electron chi connectivity index (χ3n) is 6.44. The smallest absolute Gasteiger partial charge is 0.170 e. The summed E-state index contributed by atoms with van der Waals surface area (Å²) in [7, 11) is 1.67. The van der Waals surface area contributed by atoms with E-state index in [1.165, 1.54) is 0 Å². The molecule has 0 saturated carbocycles. The molecule has 6 nitrogen and oxygen atoms in total. The minimum Gasteiger partial charge on any atom is -0.495 e. The molecule has 4 heterocycles. The van der Waals surface area contributed by atoms with Gasteiger partial charge >= 0.3 is 0 Å². The Balaban J connectivity index is 1.65. The predicted octanol–water partition coefficient (Wildman–Crippen LogP) is 5.72. The molecule has 1 saturated heterocycles. The number of aryl methyl sites for hydroxylation is 1. The summed E-state index contributed by atoms with van der Waals surface area (Å²) in [6.07, 6.45) is 5.49. The van der Waals surface area contributed by atoms with E-state index in [0.717, 1.165) is 39.6 Å². The Morgan fingerprint density at radius 1 is 1.09 bits per heavy atom. The zero-order chi connectivity index (χ0) is 24.5. The number of ether oxygens (including phenoxy) is 1. The summed E-state index contributed by atoms with van der Waals surface area (Å²) in [4.78, 5) is 11.2. The SMILES string of the molecule is COc1ccc(Cl)cc1-n1c(C)cc(C2C(c3ccccn3)NC(=S)N2Cc2cccnc2)c1C. The van der Waals surface area contributed by atoms with Gasteiger partial charge in [-0.05, 0) is 79.7 Å². The van der Waals surface area contributed by atoms with Crippen molar-refractivity contribution in [2.75, 3.05) is 7.11 Å². The van der Waals surface area contributed by atoms with Gasteiger partial charge in [0.1, 0.15) is 5.75 Å². The summed E-state index contributed by atoms with van der Waals surface area (Å²) in [5.74, 6) is 0.760. The van der Waals surface area contributed by atoms with Crippen LogP contribution in [0.1, 0.15) is 40.3 Å². The van der Waals surface area contributed by atoms with Crippen molar-refractivity contribution in [1.82, 2.24) is 24.8 Å². The summed E-state index contributed by atoms with van der Waals surface area (Å²) in [6, 6.07) is 17.7. The molecule has 8 heteroatoms. The van der Waals surface area contributed by atoms with Crippen LogP contribution in [0.15, 0.2) is 73.2 Å². The molecule has 0 bridgehead atoms. The Kier molecular flexibility index (Phi) is 6.45. The van der Waals surface area contributed by atoms with Crippen molar-refractivity contribution in [1.29, 1.82) is 0 Å². The topological polar surface area (TPSA) is 55.2 Å². The molecule has 178 valence electrons. The molecule has 5 rings (SSSR count). The fraction of sp³-hybridized carbons (Fsp3) is 0.222. The van der Waals surface area contributed by atoms with Crippen molar-refractivity contribution in [2.45, 2.75) is 32.5 Å². The van der Waals surface area contributed by atoms with Gasteiger partial charge in [-0.2, -0.15) is 0 Å². The molecule has 0 aliphatic carbocycles. The highest BCUT2D eigenvalue weighted by atomic mass is 35.5. The molecule has 1 aromatic carbocycles. The Hall–Kier alpha value is -3.42. The third-order valence-corrected chi connectivity index (χ3v) is 7.03. The van der Waals surface area contributed by atoms with Crippen molar-refractivity contribution >= 4 is 28.9 Å². The Morgan fingerprint density at radius 3 is 2.66 bits per heavy atom. The van der Waals surface area contributed by atoms with Gasteiger partial charge in [-0.25, -0.2) is 0 Å². The van der Waals surface area contributed by atoms with Crippen LogP contribution in [0.2, 0.25) is 5.02 Å². The second-order valence-electron chi connectivity index (χ2n) is 8.59. The lowest BCUT2D eigenvalue weighted by atomic mass is 9.96. The number of nitrogens with zero attached hydrogens (tertiary/aromatic N) is 4. The van der Waals surface area contributed by atoms with Gasteiger partial charge in [0.2, 0.25) is 0 Å². The number of methoxy groups -OCH3 is 1. The minimum absolute atomic E-state index is 0.0669. The largest absolute Gasteiger partial charge is 0.495 e. The second-order valence-corrected chi connectivity index (χ2v) is 9.42. The van der Waals surface area contributed by atoms with E-state index >= 15 is 0 Å². The molecule has 0 radical (unpaired) electrons. The van der Waals surface area contributed by atoms with Crippen LogP contribution in [-0.2, 0) is 6.54 Å². The number of pyridine rings is 2. The van der Waals surface area contributed by atoms with Crippen LogP contribution in [0, 0.1) is 13.8 Å². The molecule has 4 aromatic rings. The van der Waals surface area contributed by atoms with Gasteiger partial charge in [-0.15, -0.1) is 0 Å². The first kappa shape index (κ1) is 23.3. The summed E-state index contributed by atoms with van der Waals surface area (Å²) >= 11 is 12.2. The molecule has 1 aliphatic rings. The Bertz CT molecular complexity index is 1360. The number of benzene rings is 1. The van der Waals surface area contributed by atoms with Crippen molar-refractivity contribution < 1.29 is 4.74 Å². The molecule has 0 amide bonds. The van der Waals surface area contributed by atoms with Crippen molar-refractivity contribution in [3.05, 3.63) is 106 Å². The quantitative estimate of drug-likeness (QED) is 0.340. The molecular weight excluding hydrogens is 478 g/mol. The second kappa shape index (κ2) is 9.68. The third kappa shape index (κ3) is 4.37. The zero-order valence-electron chi connectivity index (χ0n) is 19.8. The highest BCUT2D eigenvalue weighted by molar-refractivity contribution is 7.80. The van der Waals surface area contributed by atoms with E-state index in [1.54, 1.807) is 13.3 Å². The molecular formula is C27H26ClN5OS. The maximum Gasteiger partial charge on any atom is 0.170 e. The number of hydrogen-bond donors (Lipinski definition) is 1. The molecule has 2 unspecified atom stereocenters. The molecule has 1 fully saturated rings. The van der Waals surface area contributed by atoms with E-state index in [9.17, 15) is 0 Å². The van der Waals surface area contributed by atoms with Crippen LogP contribution in [0.5, 0.6) is 5.75 Å². The van der Waals surface area contributed by atoms with Gasteiger partial charge in [-0.1, -0.05) is 23.7 Å². The van der Waals surface area contributed by atoms with E-state index in [4.69, 9.17) is 28.6 Å².